The summed E-state index contributed by atoms with van der Waals surface area (Å²) in [4.78, 5) is 0. The number of halogens is 1. The number of hydrogen-bond donors (Lipinski definition) is 1. The lowest BCUT2D eigenvalue weighted by Gasteiger charge is -2.07. The van der Waals surface area contributed by atoms with E-state index in [1.165, 1.54) is 16.7 Å². The first-order chi connectivity index (χ1) is 8.52. The van der Waals surface area contributed by atoms with Crippen molar-refractivity contribution in [2.75, 3.05) is 6.54 Å². The van der Waals surface area contributed by atoms with Gasteiger partial charge in [-0.2, -0.15) is 5.10 Å². The summed E-state index contributed by atoms with van der Waals surface area (Å²) >= 11 is 3.63. The van der Waals surface area contributed by atoms with Crippen molar-refractivity contribution in [3.63, 3.8) is 0 Å². The van der Waals surface area contributed by atoms with Crippen LogP contribution in [-0.2, 0) is 6.42 Å². The summed E-state index contributed by atoms with van der Waals surface area (Å²) in [6.07, 6.45) is 0.844. The van der Waals surface area contributed by atoms with Crippen molar-refractivity contribution >= 4 is 15.9 Å². The maximum absolute atomic E-state index is 5.64. The highest BCUT2D eigenvalue weighted by Crippen LogP contribution is 2.25. The van der Waals surface area contributed by atoms with Crippen molar-refractivity contribution in [2.45, 2.75) is 27.2 Å². The van der Waals surface area contributed by atoms with E-state index in [9.17, 15) is 0 Å². The minimum atomic E-state index is 0.637. The zero-order valence-electron chi connectivity index (χ0n) is 11.0. The molecule has 0 aliphatic carbocycles. The van der Waals surface area contributed by atoms with E-state index >= 15 is 0 Å². The first-order valence-electron chi connectivity index (χ1n) is 6.05. The van der Waals surface area contributed by atoms with E-state index in [1.807, 2.05) is 11.6 Å². The molecule has 1 aromatic heterocycles. The quantitative estimate of drug-likeness (QED) is 0.947. The molecule has 18 heavy (non-hydrogen) atoms. The van der Waals surface area contributed by atoms with E-state index in [4.69, 9.17) is 5.73 Å². The van der Waals surface area contributed by atoms with Gasteiger partial charge in [0.1, 0.15) is 4.60 Å². The summed E-state index contributed by atoms with van der Waals surface area (Å²) in [6, 6.07) is 6.43. The standard InChI is InChI=1S/C14H18BrN3/c1-9-6-10(2)8-12(7-9)18-14(15)13(4-5-16)11(3)17-18/h6-8H,4-5,16H2,1-3H3. The SMILES string of the molecule is Cc1cc(C)cc(-n2nc(C)c(CCN)c2Br)c1. The number of aromatic nitrogens is 2. The molecule has 2 N–H and O–H groups in total. The molecular weight excluding hydrogens is 290 g/mol. The third-order valence-corrected chi connectivity index (χ3v) is 3.78. The highest BCUT2D eigenvalue weighted by molar-refractivity contribution is 9.10. The van der Waals surface area contributed by atoms with Crippen molar-refractivity contribution in [3.8, 4) is 5.69 Å². The highest BCUT2D eigenvalue weighted by atomic mass is 79.9. The largest absolute Gasteiger partial charge is 0.330 e. The summed E-state index contributed by atoms with van der Waals surface area (Å²) < 4.78 is 2.95. The Morgan fingerprint density at radius 2 is 1.78 bits per heavy atom. The van der Waals surface area contributed by atoms with Crippen LogP contribution in [0.1, 0.15) is 22.4 Å². The van der Waals surface area contributed by atoms with Gasteiger partial charge in [-0.25, -0.2) is 4.68 Å². The minimum Gasteiger partial charge on any atom is -0.330 e. The summed E-state index contributed by atoms with van der Waals surface area (Å²) in [7, 11) is 0. The first kappa shape index (κ1) is 13.3. The predicted molar refractivity (Wildman–Crippen MR) is 78.2 cm³/mol. The van der Waals surface area contributed by atoms with E-state index in [0.717, 1.165) is 22.4 Å². The van der Waals surface area contributed by atoms with Crippen LogP contribution in [0.25, 0.3) is 5.69 Å². The van der Waals surface area contributed by atoms with Gasteiger partial charge in [-0.05, 0) is 72.9 Å². The Labute approximate surface area is 116 Å². The van der Waals surface area contributed by atoms with Gasteiger partial charge in [0.2, 0.25) is 0 Å². The van der Waals surface area contributed by atoms with Crippen LogP contribution in [0.15, 0.2) is 22.8 Å². The molecule has 96 valence electrons. The fourth-order valence-electron chi connectivity index (χ4n) is 2.20. The molecule has 0 amide bonds. The van der Waals surface area contributed by atoms with Gasteiger partial charge in [-0.3, -0.25) is 0 Å². The fraction of sp³-hybridized carbons (Fsp3) is 0.357. The molecule has 0 aliphatic rings. The Morgan fingerprint density at radius 3 is 2.33 bits per heavy atom. The lowest BCUT2D eigenvalue weighted by molar-refractivity contribution is 0.842. The zero-order valence-corrected chi connectivity index (χ0v) is 12.6. The Morgan fingerprint density at radius 1 is 1.17 bits per heavy atom. The van der Waals surface area contributed by atoms with Gasteiger partial charge in [-0.15, -0.1) is 0 Å². The van der Waals surface area contributed by atoms with Crippen LogP contribution in [0.4, 0.5) is 0 Å². The molecule has 0 unspecified atom stereocenters. The van der Waals surface area contributed by atoms with Crippen molar-refractivity contribution in [3.05, 3.63) is 45.2 Å². The van der Waals surface area contributed by atoms with Crippen molar-refractivity contribution in [1.29, 1.82) is 0 Å². The van der Waals surface area contributed by atoms with E-state index in [2.05, 4.69) is 53.1 Å². The van der Waals surface area contributed by atoms with Gasteiger partial charge in [-0.1, -0.05) is 6.07 Å². The lowest BCUT2D eigenvalue weighted by Crippen LogP contribution is -2.04. The second-order valence-electron chi connectivity index (χ2n) is 4.65. The molecule has 0 radical (unpaired) electrons. The predicted octanol–water partition coefficient (Wildman–Crippen LogP) is 3.06. The van der Waals surface area contributed by atoms with Crippen LogP contribution < -0.4 is 5.73 Å². The Balaban J connectivity index is 2.54. The number of hydrogen-bond acceptors (Lipinski definition) is 2. The second kappa shape index (κ2) is 5.24. The summed E-state index contributed by atoms with van der Waals surface area (Å²) in [5.41, 5.74) is 11.4. The van der Waals surface area contributed by atoms with Crippen LogP contribution in [0.5, 0.6) is 0 Å². The van der Waals surface area contributed by atoms with E-state index < -0.39 is 0 Å². The van der Waals surface area contributed by atoms with E-state index in [0.29, 0.717) is 6.54 Å². The van der Waals surface area contributed by atoms with E-state index in [1.54, 1.807) is 0 Å². The minimum absolute atomic E-state index is 0.637. The van der Waals surface area contributed by atoms with Crippen LogP contribution in [0.3, 0.4) is 0 Å². The van der Waals surface area contributed by atoms with Gasteiger partial charge < -0.3 is 5.73 Å². The van der Waals surface area contributed by atoms with Gasteiger partial charge >= 0.3 is 0 Å². The summed E-state index contributed by atoms with van der Waals surface area (Å²) in [6.45, 7) is 6.86. The lowest BCUT2D eigenvalue weighted by atomic mass is 10.1. The maximum Gasteiger partial charge on any atom is 0.113 e. The molecule has 3 nitrogen and oxygen atoms in total. The van der Waals surface area contributed by atoms with Gasteiger partial charge in [0.05, 0.1) is 11.4 Å². The topological polar surface area (TPSA) is 43.8 Å². The molecule has 0 saturated heterocycles. The first-order valence-corrected chi connectivity index (χ1v) is 6.85. The monoisotopic (exact) mass is 307 g/mol. The fourth-order valence-corrected chi connectivity index (χ4v) is 2.97. The third kappa shape index (κ3) is 2.49. The van der Waals surface area contributed by atoms with Crippen molar-refractivity contribution < 1.29 is 0 Å². The number of rotatable bonds is 3. The second-order valence-corrected chi connectivity index (χ2v) is 5.40. The average Bonchev–Trinajstić information content (AvgIpc) is 2.56. The van der Waals surface area contributed by atoms with Crippen LogP contribution in [0.2, 0.25) is 0 Å². The molecule has 0 spiro atoms. The highest BCUT2D eigenvalue weighted by Gasteiger charge is 2.13. The number of aryl methyl sites for hydroxylation is 3. The number of benzene rings is 1. The molecule has 0 aliphatic heterocycles. The van der Waals surface area contributed by atoms with Gasteiger partial charge in [0.15, 0.2) is 0 Å². The maximum atomic E-state index is 5.64. The van der Waals surface area contributed by atoms with Crippen molar-refractivity contribution in [1.82, 2.24) is 9.78 Å². The molecule has 1 aromatic carbocycles. The molecule has 4 heteroatoms. The van der Waals surface area contributed by atoms with Crippen molar-refractivity contribution in [2.24, 2.45) is 5.73 Å². The number of nitrogens with zero attached hydrogens (tertiary/aromatic N) is 2. The number of nitrogens with two attached hydrogens (primary N) is 1. The molecule has 2 aromatic rings. The summed E-state index contributed by atoms with van der Waals surface area (Å²) in [5.74, 6) is 0. The molecule has 0 fully saturated rings. The molecule has 0 bridgehead atoms. The molecule has 1 heterocycles. The Bertz CT molecular complexity index is 552. The van der Waals surface area contributed by atoms with Gasteiger partial charge in [0, 0.05) is 5.56 Å². The molecular formula is C14H18BrN3. The van der Waals surface area contributed by atoms with Crippen LogP contribution >= 0.6 is 15.9 Å². The summed E-state index contributed by atoms with van der Waals surface area (Å²) in [5, 5.41) is 4.60. The van der Waals surface area contributed by atoms with Crippen LogP contribution in [0, 0.1) is 20.8 Å². The molecule has 0 saturated carbocycles. The zero-order chi connectivity index (χ0) is 13.3. The average molecular weight is 308 g/mol. The normalized spacial score (nSPS) is 10.9. The Kier molecular flexibility index (Phi) is 3.88. The molecule has 2 rings (SSSR count). The smallest absolute Gasteiger partial charge is 0.113 e. The Hall–Kier alpha value is -1.13. The van der Waals surface area contributed by atoms with Crippen LogP contribution in [-0.4, -0.2) is 16.3 Å². The molecule has 0 atom stereocenters. The third-order valence-electron chi connectivity index (χ3n) is 2.97. The van der Waals surface area contributed by atoms with E-state index in [-0.39, 0.29) is 0 Å². The van der Waals surface area contributed by atoms with Gasteiger partial charge in [0.25, 0.3) is 0 Å².